The topological polar surface area (TPSA) is 46.3 Å². The van der Waals surface area contributed by atoms with Crippen molar-refractivity contribution in [2.45, 2.75) is 20.4 Å². The normalized spacial score (nSPS) is 13.4. The Kier molecular flexibility index (Phi) is 3.41. The van der Waals surface area contributed by atoms with Gasteiger partial charge in [-0.05, 0) is 60.9 Å². The Morgan fingerprint density at radius 2 is 1.85 bits per heavy atom. The lowest BCUT2D eigenvalue weighted by molar-refractivity contribution is 0.0996. The van der Waals surface area contributed by atoms with E-state index in [0.717, 1.165) is 44.6 Å². The second kappa shape index (κ2) is 5.81. The van der Waals surface area contributed by atoms with E-state index in [9.17, 15) is 4.79 Å². The third-order valence-corrected chi connectivity index (χ3v) is 5.05. The van der Waals surface area contributed by atoms with Crippen LogP contribution in [0.25, 0.3) is 22.6 Å². The summed E-state index contributed by atoms with van der Waals surface area (Å²) in [4.78, 5) is 19.2. The van der Waals surface area contributed by atoms with E-state index in [1.54, 1.807) is 4.90 Å². The molecule has 132 valence electrons. The molecule has 1 aromatic heterocycles. The van der Waals surface area contributed by atoms with Crippen molar-refractivity contribution in [3.63, 3.8) is 0 Å². The summed E-state index contributed by atoms with van der Waals surface area (Å²) in [6.45, 7) is 4.67. The summed E-state index contributed by atoms with van der Waals surface area (Å²) < 4.78 is 6.03. The Labute approximate surface area is 157 Å². The smallest absolute Gasteiger partial charge is 0.258 e. The third kappa shape index (κ3) is 2.53. The van der Waals surface area contributed by atoms with Gasteiger partial charge in [0.1, 0.15) is 5.52 Å². The number of amides is 1. The first-order valence-electron chi connectivity index (χ1n) is 8.98. The molecule has 0 spiro atoms. The van der Waals surface area contributed by atoms with Gasteiger partial charge in [0.15, 0.2) is 5.58 Å². The van der Waals surface area contributed by atoms with E-state index >= 15 is 0 Å². The van der Waals surface area contributed by atoms with Crippen LogP contribution in [0.15, 0.2) is 65.1 Å². The van der Waals surface area contributed by atoms with Crippen molar-refractivity contribution in [1.82, 2.24) is 4.98 Å². The summed E-state index contributed by atoms with van der Waals surface area (Å²) in [5, 5.41) is 0. The quantitative estimate of drug-likeness (QED) is 0.492. The minimum atomic E-state index is 0.0341. The average molecular weight is 354 g/mol. The minimum absolute atomic E-state index is 0.0341. The number of oxazole rings is 1. The van der Waals surface area contributed by atoms with Crippen LogP contribution in [0.1, 0.15) is 27.0 Å². The van der Waals surface area contributed by atoms with Gasteiger partial charge in [-0.15, -0.1) is 0 Å². The highest BCUT2D eigenvalue weighted by Gasteiger charge is 2.28. The zero-order valence-electron chi connectivity index (χ0n) is 15.2. The van der Waals surface area contributed by atoms with Gasteiger partial charge < -0.3 is 9.32 Å². The van der Waals surface area contributed by atoms with Gasteiger partial charge in [-0.25, -0.2) is 4.98 Å². The van der Waals surface area contributed by atoms with Crippen LogP contribution in [-0.4, -0.2) is 10.9 Å². The van der Waals surface area contributed by atoms with Crippen LogP contribution in [0.2, 0.25) is 0 Å². The van der Waals surface area contributed by atoms with Gasteiger partial charge in [0, 0.05) is 16.8 Å². The number of fused-ring (bicyclic) bond motifs is 2. The number of rotatable bonds is 2. The highest BCUT2D eigenvalue weighted by Crippen LogP contribution is 2.32. The lowest BCUT2D eigenvalue weighted by Gasteiger charge is -2.16. The SMILES string of the molecule is Cc1cc(C)c2oc(-c3cccc(N4Cc5ccccc5C4=O)c3)nc2c1. The Bertz CT molecular complexity index is 1210. The van der Waals surface area contributed by atoms with Gasteiger partial charge in [-0.3, -0.25) is 4.79 Å². The van der Waals surface area contributed by atoms with E-state index in [1.807, 2.05) is 61.5 Å². The first-order valence-corrected chi connectivity index (χ1v) is 8.98. The number of aromatic nitrogens is 1. The number of carbonyl (C=O) groups is 1. The average Bonchev–Trinajstić information content (AvgIpc) is 3.24. The largest absolute Gasteiger partial charge is 0.436 e. The molecular weight excluding hydrogens is 336 g/mol. The Morgan fingerprint density at radius 3 is 2.70 bits per heavy atom. The Balaban J connectivity index is 1.55. The number of anilines is 1. The highest BCUT2D eigenvalue weighted by atomic mass is 16.3. The number of hydrogen-bond acceptors (Lipinski definition) is 3. The fraction of sp³-hybridized carbons (Fsp3) is 0.130. The van der Waals surface area contributed by atoms with Crippen LogP contribution < -0.4 is 4.90 Å². The van der Waals surface area contributed by atoms with Crippen molar-refractivity contribution >= 4 is 22.7 Å². The molecule has 0 atom stereocenters. The standard InChI is InChI=1S/C23H18N2O2/c1-14-10-15(2)21-20(11-14)24-22(27-21)16-7-5-8-18(12-16)25-13-17-6-3-4-9-19(17)23(25)26/h3-12H,13H2,1-2H3. The second-order valence-electron chi connectivity index (χ2n) is 7.05. The van der Waals surface area contributed by atoms with Crippen molar-refractivity contribution in [2.24, 2.45) is 0 Å². The van der Waals surface area contributed by atoms with Crippen LogP contribution in [0, 0.1) is 13.8 Å². The molecule has 0 N–H and O–H groups in total. The molecule has 0 unspecified atom stereocenters. The third-order valence-electron chi connectivity index (χ3n) is 5.05. The van der Waals surface area contributed by atoms with E-state index in [1.165, 1.54) is 0 Å². The molecule has 0 aliphatic carbocycles. The monoisotopic (exact) mass is 354 g/mol. The summed E-state index contributed by atoms with van der Waals surface area (Å²) >= 11 is 0. The summed E-state index contributed by atoms with van der Waals surface area (Å²) in [6.07, 6.45) is 0. The van der Waals surface area contributed by atoms with E-state index in [2.05, 4.69) is 18.0 Å². The van der Waals surface area contributed by atoms with Gasteiger partial charge in [-0.2, -0.15) is 0 Å². The number of carbonyl (C=O) groups excluding carboxylic acids is 1. The van der Waals surface area contributed by atoms with E-state index in [-0.39, 0.29) is 5.91 Å². The highest BCUT2D eigenvalue weighted by molar-refractivity contribution is 6.10. The van der Waals surface area contributed by atoms with Crippen molar-refractivity contribution in [1.29, 1.82) is 0 Å². The zero-order chi connectivity index (χ0) is 18.5. The van der Waals surface area contributed by atoms with Crippen LogP contribution in [-0.2, 0) is 6.54 Å². The van der Waals surface area contributed by atoms with Gasteiger partial charge in [0.05, 0.1) is 6.54 Å². The maximum atomic E-state index is 12.8. The molecule has 1 amide bonds. The number of nitrogens with zero attached hydrogens (tertiary/aromatic N) is 2. The van der Waals surface area contributed by atoms with Crippen LogP contribution in [0.5, 0.6) is 0 Å². The summed E-state index contributed by atoms with van der Waals surface area (Å²) in [5.41, 5.74) is 7.45. The first-order chi connectivity index (χ1) is 13.1. The fourth-order valence-electron chi connectivity index (χ4n) is 3.77. The molecule has 0 bridgehead atoms. The first kappa shape index (κ1) is 15.8. The Morgan fingerprint density at radius 1 is 1.00 bits per heavy atom. The second-order valence-corrected chi connectivity index (χ2v) is 7.05. The maximum absolute atomic E-state index is 12.8. The summed E-state index contributed by atoms with van der Waals surface area (Å²) in [5.74, 6) is 0.608. The summed E-state index contributed by atoms with van der Waals surface area (Å²) in [7, 11) is 0. The molecule has 0 saturated carbocycles. The molecule has 5 rings (SSSR count). The van der Waals surface area contributed by atoms with Crippen LogP contribution in [0.3, 0.4) is 0 Å². The molecule has 1 aliphatic rings. The van der Waals surface area contributed by atoms with E-state index in [4.69, 9.17) is 4.42 Å². The van der Waals surface area contributed by atoms with E-state index < -0.39 is 0 Å². The van der Waals surface area contributed by atoms with Gasteiger partial charge in [0.25, 0.3) is 5.91 Å². The Hall–Kier alpha value is -3.40. The molecular formula is C23H18N2O2. The minimum Gasteiger partial charge on any atom is -0.436 e. The number of aryl methyl sites for hydroxylation is 2. The lowest BCUT2D eigenvalue weighted by Crippen LogP contribution is -2.22. The summed E-state index contributed by atoms with van der Waals surface area (Å²) in [6, 6.07) is 19.7. The molecule has 27 heavy (non-hydrogen) atoms. The van der Waals surface area contributed by atoms with Crippen LogP contribution >= 0.6 is 0 Å². The number of benzene rings is 3. The molecule has 4 heteroatoms. The molecule has 0 fully saturated rings. The lowest BCUT2D eigenvalue weighted by atomic mass is 10.1. The van der Waals surface area contributed by atoms with E-state index in [0.29, 0.717) is 12.4 Å². The molecule has 2 heterocycles. The molecule has 4 nitrogen and oxygen atoms in total. The van der Waals surface area contributed by atoms with Crippen molar-refractivity contribution in [3.05, 3.63) is 82.9 Å². The van der Waals surface area contributed by atoms with Gasteiger partial charge in [0.2, 0.25) is 5.89 Å². The van der Waals surface area contributed by atoms with Crippen LogP contribution in [0.4, 0.5) is 5.69 Å². The van der Waals surface area contributed by atoms with Gasteiger partial charge >= 0.3 is 0 Å². The fourth-order valence-corrected chi connectivity index (χ4v) is 3.77. The van der Waals surface area contributed by atoms with Gasteiger partial charge in [-0.1, -0.05) is 30.3 Å². The molecule has 0 saturated heterocycles. The maximum Gasteiger partial charge on any atom is 0.258 e. The predicted octanol–water partition coefficient (Wildman–Crippen LogP) is 5.27. The van der Waals surface area contributed by atoms with Crippen molar-refractivity contribution < 1.29 is 9.21 Å². The molecule has 1 aliphatic heterocycles. The molecule has 4 aromatic rings. The molecule has 3 aromatic carbocycles. The van der Waals surface area contributed by atoms with Crippen molar-refractivity contribution in [2.75, 3.05) is 4.90 Å². The zero-order valence-corrected chi connectivity index (χ0v) is 15.2. The molecule has 0 radical (unpaired) electrons. The number of hydrogen-bond donors (Lipinski definition) is 0. The van der Waals surface area contributed by atoms with Crippen molar-refractivity contribution in [3.8, 4) is 11.5 Å². The predicted molar refractivity (Wildman–Crippen MR) is 106 cm³/mol.